The zero-order valence-corrected chi connectivity index (χ0v) is 12.8. The van der Waals surface area contributed by atoms with E-state index in [9.17, 15) is 4.79 Å². The van der Waals surface area contributed by atoms with Gasteiger partial charge in [0.25, 0.3) is 0 Å². The second-order valence-electron chi connectivity index (χ2n) is 5.95. The standard InChI is InChI=1S/C13H25NO3S/c1-12(2)8-10(13(3,4)17-12)18-7-6-9(14)11(15)16-5/h9-10H,6-8,14H2,1-5H3. The highest BCUT2D eigenvalue weighted by Gasteiger charge is 2.45. The summed E-state index contributed by atoms with van der Waals surface area (Å²) in [6.07, 6.45) is 1.67. The lowest BCUT2D eigenvalue weighted by atomic mass is 10.0. The lowest BCUT2D eigenvalue weighted by Gasteiger charge is -2.27. The molecule has 0 aliphatic carbocycles. The van der Waals surface area contributed by atoms with Crippen molar-refractivity contribution >= 4 is 17.7 Å². The molecule has 1 heterocycles. The van der Waals surface area contributed by atoms with Crippen LogP contribution in [0.15, 0.2) is 0 Å². The van der Waals surface area contributed by atoms with Gasteiger partial charge in [0.05, 0.1) is 18.3 Å². The highest BCUT2D eigenvalue weighted by atomic mass is 32.2. The van der Waals surface area contributed by atoms with E-state index in [1.807, 2.05) is 11.8 Å². The van der Waals surface area contributed by atoms with E-state index in [-0.39, 0.29) is 17.2 Å². The summed E-state index contributed by atoms with van der Waals surface area (Å²) >= 11 is 1.84. The topological polar surface area (TPSA) is 61.5 Å². The van der Waals surface area contributed by atoms with E-state index in [1.165, 1.54) is 7.11 Å². The van der Waals surface area contributed by atoms with Crippen LogP contribution in [0.2, 0.25) is 0 Å². The molecule has 0 aromatic carbocycles. The first-order chi connectivity index (χ1) is 8.18. The normalized spacial score (nSPS) is 26.9. The number of rotatable bonds is 5. The number of esters is 1. The summed E-state index contributed by atoms with van der Waals surface area (Å²) in [6.45, 7) is 8.49. The molecule has 0 radical (unpaired) electrons. The molecule has 18 heavy (non-hydrogen) atoms. The van der Waals surface area contributed by atoms with Gasteiger partial charge in [-0.3, -0.25) is 4.79 Å². The van der Waals surface area contributed by atoms with Crippen LogP contribution >= 0.6 is 11.8 Å². The summed E-state index contributed by atoms with van der Waals surface area (Å²) < 4.78 is 10.6. The number of hydrogen-bond donors (Lipinski definition) is 1. The van der Waals surface area contributed by atoms with Gasteiger partial charge in [-0.25, -0.2) is 0 Å². The first kappa shape index (κ1) is 15.8. The number of methoxy groups -OCH3 is 1. The maximum absolute atomic E-state index is 11.2. The Morgan fingerprint density at radius 1 is 1.50 bits per heavy atom. The van der Waals surface area contributed by atoms with Crippen molar-refractivity contribution in [2.75, 3.05) is 12.9 Å². The Labute approximate surface area is 114 Å². The number of nitrogens with two attached hydrogens (primary N) is 1. The van der Waals surface area contributed by atoms with E-state index < -0.39 is 6.04 Å². The monoisotopic (exact) mass is 275 g/mol. The van der Waals surface area contributed by atoms with Gasteiger partial charge in [0.1, 0.15) is 6.04 Å². The number of carbonyl (C=O) groups is 1. The fourth-order valence-electron chi connectivity index (χ4n) is 2.38. The number of ether oxygens (including phenoxy) is 2. The third-order valence-corrected chi connectivity index (χ3v) is 4.85. The molecule has 1 aliphatic heterocycles. The predicted molar refractivity (Wildman–Crippen MR) is 74.7 cm³/mol. The summed E-state index contributed by atoms with van der Waals surface area (Å²) in [6, 6.07) is -0.513. The van der Waals surface area contributed by atoms with Gasteiger partial charge in [-0.05, 0) is 46.3 Å². The van der Waals surface area contributed by atoms with Gasteiger partial charge in [-0.2, -0.15) is 11.8 Å². The smallest absolute Gasteiger partial charge is 0.322 e. The first-order valence-electron chi connectivity index (χ1n) is 6.33. The molecule has 0 amide bonds. The minimum Gasteiger partial charge on any atom is -0.468 e. The highest BCUT2D eigenvalue weighted by Crippen LogP contribution is 2.43. The van der Waals surface area contributed by atoms with Crippen LogP contribution in [-0.4, -0.2) is 41.3 Å². The predicted octanol–water partition coefficient (Wildman–Crippen LogP) is 1.96. The van der Waals surface area contributed by atoms with E-state index in [1.54, 1.807) is 0 Å². The second kappa shape index (κ2) is 5.80. The summed E-state index contributed by atoms with van der Waals surface area (Å²) in [5.41, 5.74) is 5.53. The first-order valence-corrected chi connectivity index (χ1v) is 7.38. The van der Waals surface area contributed by atoms with Crippen LogP contribution in [0, 0.1) is 0 Å². The highest BCUT2D eigenvalue weighted by molar-refractivity contribution is 8.00. The van der Waals surface area contributed by atoms with Crippen molar-refractivity contribution in [1.82, 2.24) is 0 Å². The van der Waals surface area contributed by atoms with Gasteiger partial charge in [0.2, 0.25) is 0 Å². The van der Waals surface area contributed by atoms with Crippen LogP contribution in [0.25, 0.3) is 0 Å². The van der Waals surface area contributed by atoms with Crippen molar-refractivity contribution in [2.24, 2.45) is 5.73 Å². The molecule has 1 rings (SSSR count). The molecule has 4 nitrogen and oxygen atoms in total. The maximum Gasteiger partial charge on any atom is 0.322 e. The summed E-state index contributed by atoms with van der Waals surface area (Å²) in [5.74, 6) is 0.516. The van der Waals surface area contributed by atoms with Gasteiger partial charge >= 0.3 is 5.97 Å². The molecule has 5 heteroatoms. The summed E-state index contributed by atoms with van der Waals surface area (Å²) in [7, 11) is 1.37. The second-order valence-corrected chi connectivity index (χ2v) is 7.26. The van der Waals surface area contributed by atoms with E-state index in [0.717, 1.165) is 12.2 Å². The third kappa shape index (κ3) is 4.14. The van der Waals surface area contributed by atoms with Crippen molar-refractivity contribution in [1.29, 1.82) is 0 Å². The van der Waals surface area contributed by atoms with Crippen molar-refractivity contribution < 1.29 is 14.3 Å². The van der Waals surface area contributed by atoms with Crippen LogP contribution in [0.3, 0.4) is 0 Å². The molecule has 1 fully saturated rings. The molecule has 0 aromatic rings. The Morgan fingerprint density at radius 3 is 2.56 bits per heavy atom. The Balaban J connectivity index is 2.38. The van der Waals surface area contributed by atoms with Gasteiger partial charge in [-0.15, -0.1) is 0 Å². The Bertz CT molecular complexity index is 305. The van der Waals surface area contributed by atoms with Gasteiger partial charge in [0, 0.05) is 5.25 Å². The molecular formula is C13H25NO3S. The number of carbonyl (C=O) groups excluding carboxylic acids is 1. The zero-order valence-electron chi connectivity index (χ0n) is 12.0. The van der Waals surface area contributed by atoms with Crippen molar-refractivity contribution in [3.8, 4) is 0 Å². The molecule has 0 spiro atoms. The van der Waals surface area contributed by atoms with Crippen LogP contribution < -0.4 is 5.73 Å². The van der Waals surface area contributed by atoms with Gasteiger partial charge < -0.3 is 15.2 Å². The molecule has 0 aromatic heterocycles. The van der Waals surface area contributed by atoms with Gasteiger partial charge in [0.15, 0.2) is 0 Å². The van der Waals surface area contributed by atoms with Crippen LogP contribution in [0.5, 0.6) is 0 Å². The SMILES string of the molecule is COC(=O)C(N)CCSC1CC(C)(C)OC1(C)C. The molecule has 1 aliphatic rings. The molecule has 0 bridgehead atoms. The Kier molecular flexibility index (Phi) is 5.09. The molecular weight excluding hydrogens is 250 g/mol. The minimum atomic E-state index is -0.513. The van der Waals surface area contributed by atoms with E-state index in [0.29, 0.717) is 11.7 Å². The van der Waals surface area contributed by atoms with Crippen molar-refractivity contribution in [3.05, 3.63) is 0 Å². The average molecular weight is 275 g/mol. The number of thioether (sulfide) groups is 1. The minimum absolute atomic E-state index is 0.0639. The molecule has 0 saturated carbocycles. The quantitative estimate of drug-likeness (QED) is 0.777. The fraction of sp³-hybridized carbons (Fsp3) is 0.923. The molecule has 106 valence electrons. The molecule has 2 N–H and O–H groups in total. The van der Waals surface area contributed by atoms with Crippen LogP contribution in [0.1, 0.15) is 40.5 Å². The van der Waals surface area contributed by atoms with Crippen molar-refractivity contribution in [2.45, 2.75) is 63.0 Å². The average Bonchev–Trinajstić information content (AvgIpc) is 2.45. The fourth-order valence-corrected chi connectivity index (χ4v) is 4.02. The Hall–Kier alpha value is -0.260. The number of hydrogen-bond acceptors (Lipinski definition) is 5. The van der Waals surface area contributed by atoms with Crippen molar-refractivity contribution in [3.63, 3.8) is 0 Å². The summed E-state index contributed by atoms with van der Waals surface area (Å²) in [4.78, 5) is 11.2. The lowest BCUT2D eigenvalue weighted by Crippen LogP contribution is -2.33. The van der Waals surface area contributed by atoms with E-state index in [4.69, 9.17) is 10.5 Å². The van der Waals surface area contributed by atoms with E-state index in [2.05, 4.69) is 32.4 Å². The summed E-state index contributed by atoms with van der Waals surface area (Å²) in [5, 5.41) is 0.442. The maximum atomic E-state index is 11.2. The molecule has 2 atom stereocenters. The van der Waals surface area contributed by atoms with E-state index >= 15 is 0 Å². The van der Waals surface area contributed by atoms with Crippen LogP contribution in [-0.2, 0) is 14.3 Å². The Morgan fingerprint density at radius 2 is 2.11 bits per heavy atom. The third-order valence-electron chi connectivity index (χ3n) is 3.24. The van der Waals surface area contributed by atoms with Gasteiger partial charge in [-0.1, -0.05) is 0 Å². The largest absolute Gasteiger partial charge is 0.468 e. The zero-order chi connectivity index (χ0) is 14.0. The molecule has 2 unspecified atom stereocenters. The molecule has 1 saturated heterocycles. The lowest BCUT2D eigenvalue weighted by molar-refractivity contribution is -0.142. The van der Waals surface area contributed by atoms with Crippen LogP contribution in [0.4, 0.5) is 0 Å².